The maximum atomic E-state index is 12.2. The van der Waals surface area contributed by atoms with E-state index in [1.54, 1.807) is 13.8 Å². The molecule has 2 N–H and O–H groups in total. The van der Waals surface area contributed by atoms with Crippen molar-refractivity contribution in [3.05, 3.63) is 41.1 Å². The van der Waals surface area contributed by atoms with Crippen molar-refractivity contribution < 1.29 is 28.6 Å². The SMILES string of the molecule is CCOC(=O)C1=C(COC(=O)CCOc2ccc(C(C)(C)C)cc2)NC(=O)NC1C. The predicted octanol–water partition coefficient (Wildman–Crippen LogP) is 2.81. The summed E-state index contributed by atoms with van der Waals surface area (Å²) in [5.74, 6) is -0.398. The third kappa shape index (κ3) is 6.50. The first-order valence-electron chi connectivity index (χ1n) is 9.98. The lowest BCUT2D eigenvalue weighted by Gasteiger charge is -2.26. The van der Waals surface area contributed by atoms with Crippen LogP contribution >= 0.6 is 0 Å². The zero-order valence-corrected chi connectivity index (χ0v) is 18.2. The Labute approximate surface area is 176 Å². The zero-order valence-electron chi connectivity index (χ0n) is 18.2. The highest BCUT2D eigenvalue weighted by atomic mass is 16.5. The zero-order chi connectivity index (χ0) is 22.3. The molecule has 1 aliphatic heterocycles. The number of rotatable bonds is 8. The van der Waals surface area contributed by atoms with E-state index < -0.39 is 24.0 Å². The lowest BCUT2D eigenvalue weighted by atomic mass is 9.87. The second-order valence-corrected chi connectivity index (χ2v) is 7.97. The molecule has 1 aromatic rings. The molecule has 1 atom stereocenters. The van der Waals surface area contributed by atoms with E-state index >= 15 is 0 Å². The van der Waals surface area contributed by atoms with Gasteiger partial charge in [0.05, 0.1) is 36.9 Å². The van der Waals surface area contributed by atoms with Gasteiger partial charge in [-0.3, -0.25) is 4.79 Å². The number of ether oxygens (including phenoxy) is 3. The van der Waals surface area contributed by atoms with Crippen molar-refractivity contribution in [1.29, 1.82) is 0 Å². The maximum absolute atomic E-state index is 12.2. The molecule has 164 valence electrons. The Morgan fingerprint density at radius 3 is 2.37 bits per heavy atom. The fourth-order valence-corrected chi connectivity index (χ4v) is 2.92. The van der Waals surface area contributed by atoms with E-state index in [0.29, 0.717) is 5.75 Å². The minimum absolute atomic E-state index is 0.0325. The van der Waals surface area contributed by atoms with Crippen molar-refractivity contribution in [2.24, 2.45) is 0 Å². The van der Waals surface area contributed by atoms with E-state index in [9.17, 15) is 14.4 Å². The summed E-state index contributed by atoms with van der Waals surface area (Å²) >= 11 is 0. The molecule has 0 aliphatic carbocycles. The fraction of sp³-hybridized carbons (Fsp3) is 0.500. The molecule has 0 fully saturated rings. The fourth-order valence-electron chi connectivity index (χ4n) is 2.92. The van der Waals surface area contributed by atoms with Crippen LogP contribution in [0.2, 0.25) is 0 Å². The van der Waals surface area contributed by atoms with E-state index in [4.69, 9.17) is 14.2 Å². The normalized spacial score (nSPS) is 16.4. The number of esters is 2. The van der Waals surface area contributed by atoms with Crippen molar-refractivity contribution >= 4 is 18.0 Å². The van der Waals surface area contributed by atoms with Crippen LogP contribution < -0.4 is 15.4 Å². The molecular weight excluding hydrogens is 388 g/mol. The molecule has 1 aromatic carbocycles. The van der Waals surface area contributed by atoms with E-state index in [1.807, 2.05) is 24.3 Å². The van der Waals surface area contributed by atoms with Crippen LogP contribution in [0.3, 0.4) is 0 Å². The topological polar surface area (TPSA) is 103 Å². The van der Waals surface area contributed by atoms with Gasteiger partial charge in [-0.2, -0.15) is 0 Å². The van der Waals surface area contributed by atoms with Crippen molar-refractivity contribution in [3.8, 4) is 5.75 Å². The summed E-state index contributed by atoms with van der Waals surface area (Å²) < 4.78 is 15.8. The molecule has 1 aliphatic rings. The van der Waals surface area contributed by atoms with Gasteiger partial charge < -0.3 is 24.8 Å². The molecule has 0 spiro atoms. The molecule has 1 heterocycles. The van der Waals surface area contributed by atoms with Gasteiger partial charge in [0, 0.05) is 0 Å². The lowest BCUT2D eigenvalue weighted by molar-refractivity contribution is -0.144. The Kier molecular flexibility index (Phi) is 7.86. The summed E-state index contributed by atoms with van der Waals surface area (Å²) in [5, 5.41) is 5.09. The van der Waals surface area contributed by atoms with Crippen molar-refractivity contribution in [3.63, 3.8) is 0 Å². The first-order chi connectivity index (χ1) is 14.1. The third-order valence-electron chi connectivity index (χ3n) is 4.54. The molecule has 0 aromatic heterocycles. The van der Waals surface area contributed by atoms with Gasteiger partial charge in [0.1, 0.15) is 12.4 Å². The lowest BCUT2D eigenvalue weighted by Crippen LogP contribution is -2.50. The van der Waals surface area contributed by atoms with Crippen molar-refractivity contribution in [1.82, 2.24) is 10.6 Å². The first kappa shape index (κ1) is 23.3. The highest BCUT2D eigenvalue weighted by Crippen LogP contribution is 2.24. The number of benzene rings is 1. The van der Waals surface area contributed by atoms with Crippen LogP contribution in [0.25, 0.3) is 0 Å². The number of urea groups is 1. The average molecular weight is 418 g/mol. The van der Waals surface area contributed by atoms with Gasteiger partial charge in [0.15, 0.2) is 0 Å². The minimum atomic E-state index is -0.564. The van der Waals surface area contributed by atoms with Gasteiger partial charge in [-0.1, -0.05) is 32.9 Å². The van der Waals surface area contributed by atoms with Crippen LogP contribution in [0.15, 0.2) is 35.5 Å². The molecule has 0 saturated heterocycles. The Morgan fingerprint density at radius 2 is 1.77 bits per heavy atom. The van der Waals surface area contributed by atoms with Gasteiger partial charge in [-0.25, -0.2) is 9.59 Å². The number of amides is 2. The van der Waals surface area contributed by atoms with Crippen LogP contribution in [-0.4, -0.2) is 43.8 Å². The number of hydrogen-bond donors (Lipinski definition) is 2. The average Bonchev–Trinajstić information content (AvgIpc) is 2.65. The summed E-state index contributed by atoms with van der Waals surface area (Å²) in [7, 11) is 0. The van der Waals surface area contributed by atoms with E-state index in [2.05, 4.69) is 31.4 Å². The molecule has 2 rings (SSSR count). The molecule has 0 bridgehead atoms. The largest absolute Gasteiger partial charge is 0.493 e. The molecule has 0 saturated carbocycles. The molecule has 8 heteroatoms. The third-order valence-corrected chi connectivity index (χ3v) is 4.54. The van der Waals surface area contributed by atoms with Gasteiger partial charge in [-0.15, -0.1) is 0 Å². The highest BCUT2D eigenvalue weighted by molar-refractivity contribution is 5.94. The smallest absolute Gasteiger partial charge is 0.338 e. The van der Waals surface area contributed by atoms with E-state index in [0.717, 1.165) is 0 Å². The predicted molar refractivity (Wildman–Crippen MR) is 111 cm³/mol. The molecule has 2 amide bonds. The summed E-state index contributed by atoms with van der Waals surface area (Å²) in [6.45, 7) is 9.87. The Hall–Kier alpha value is -3.03. The van der Waals surface area contributed by atoms with Crippen LogP contribution in [0.5, 0.6) is 5.75 Å². The van der Waals surface area contributed by atoms with Crippen LogP contribution in [0.4, 0.5) is 4.79 Å². The Balaban J connectivity index is 1.87. The maximum Gasteiger partial charge on any atom is 0.338 e. The molecule has 8 nitrogen and oxygen atoms in total. The van der Waals surface area contributed by atoms with Gasteiger partial charge >= 0.3 is 18.0 Å². The van der Waals surface area contributed by atoms with Gasteiger partial charge in [-0.05, 0) is 37.0 Å². The van der Waals surface area contributed by atoms with Crippen LogP contribution in [-0.2, 0) is 24.5 Å². The van der Waals surface area contributed by atoms with Crippen LogP contribution in [0, 0.1) is 0 Å². The molecule has 1 unspecified atom stereocenters. The Morgan fingerprint density at radius 1 is 1.10 bits per heavy atom. The standard InChI is InChI=1S/C22H30N2O6/c1-6-28-20(26)19-14(2)23-21(27)24-17(19)13-30-18(25)11-12-29-16-9-7-15(8-10-16)22(3,4)5/h7-10,14H,6,11-13H2,1-5H3,(H2,23,24,27). The summed E-state index contributed by atoms with van der Waals surface area (Å²) in [6.07, 6.45) is 0.0325. The minimum Gasteiger partial charge on any atom is -0.493 e. The number of carbonyl (C=O) groups excluding carboxylic acids is 3. The van der Waals surface area contributed by atoms with Gasteiger partial charge in [0.25, 0.3) is 0 Å². The van der Waals surface area contributed by atoms with Crippen molar-refractivity contribution in [2.75, 3.05) is 19.8 Å². The summed E-state index contributed by atoms with van der Waals surface area (Å²) in [5.41, 5.74) is 1.70. The quantitative estimate of drug-likeness (QED) is 0.630. The first-order valence-corrected chi connectivity index (χ1v) is 9.98. The second-order valence-electron chi connectivity index (χ2n) is 7.97. The van der Waals surface area contributed by atoms with E-state index in [-0.39, 0.29) is 42.9 Å². The monoisotopic (exact) mass is 418 g/mol. The number of carbonyl (C=O) groups is 3. The van der Waals surface area contributed by atoms with Crippen LogP contribution in [0.1, 0.15) is 46.6 Å². The van der Waals surface area contributed by atoms with E-state index in [1.165, 1.54) is 5.56 Å². The highest BCUT2D eigenvalue weighted by Gasteiger charge is 2.30. The molecule has 30 heavy (non-hydrogen) atoms. The second kappa shape index (κ2) is 10.1. The number of hydrogen-bond acceptors (Lipinski definition) is 6. The number of nitrogens with one attached hydrogen (secondary N) is 2. The van der Waals surface area contributed by atoms with Gasteiger partial charge in [0.2, 0.25) is 0 Å². The molecular formula is C22H30N2O6. The molecule has 0 radical (unpaired) electrons. The van der Waals surface area contributed by atoms with Crippen molar-refractivity contribution in [2.45, 2.75) is 52.5 Å². The summed E-state index contributed by atoms with van der Waals surface area (Å²) in [6, 6.07) is 6.72. The summed E-state index contributed by atoms with van der Waals surface area (Å²) in [4.78, 5) is 35.9. The Bertz CT molecular complexity index is 808.